The van der Waals surface area contributed by atoms with Gasteiger partial charge >= 0.3 is 0 Å². The molecule has 0 spiro atoms. The van der Waals surface area contributed by atoms with E-state index in [4.69, 9.17) is 24.9 Å². The molecule has 332 valence electrons. The Hall–Kier alpha value is -6.33. The van der Waals surface area contributed by atoms with Crippen LogP contribution < -0.4 is 0 Å². The van der Waals surface area contributed by atoms with Crippen LogP contribution in [0.15, 0.2) is 158 Å². The predicted molar refractivity (Wildman–Crippen MR) is 275 cm³/mol. The van der Waals surface area contributed by atoms with Crippen LogP contribution in [-0.2, 0) is 22.7 Å². The highest BCUT2D eigenvalue weighted by Gasteiger charge is 2.23. The first-order valence-electron chi connectivity index (χ1n) is 23.1. The second-order valence-electron chi connectivity index (χ2n) is 21.6. The van der Waals surface area contributed by atoms with E-state index in [0.29, 0.717) is 18.1 Å². The zero-order chi connectivity index (χ0) is 46.7. The van der Waals surface area contributed by atoms with E-state index in [2.05, 4.69) is 217 Å². The first-order valence-corrected chi connectivity index (χ1v) is 23.1. The van der Waals surface area contributed by atoms with Gasteiger partial charge in [0.15, 0.2) is 11.6 Å². The van der Waals surface area contributed by atoms with E-state index >= 15 is 0 Å². The Morgan fingerprint density at radius 1 is 0.585 bits per heavy atom. The Morgan fingerprint density at radius 2 is 1.08 bits per heavy atom. The number of hydrogen-bond acceptors (Lipinski definition) is 5. The van der Waals surface area contributed by atoms with Crippen LogP contribution >= 0.6 is 0 Å². The van der Waals surface area contributed by atoms with Gasteiger partial charge in [-0.25, -0.2) is 19.9 Å². The van der Waals surface area contributed by atoms with E-state index in [1.54, 1.807) is 6.08 Å². The number of benzene rings is 3. The number of hydrogen-bond donors (Lipinski definition) is 0. The van der Waals surface area contributed by atoms with Gasteiger partial charge in [0.1, 0.15) is 0 Å². The molecule has 0 radical (unpaired) electrons. The number of aromatic nitrogens is 5. The van der Waals surface area contributed by atoms with Crippen molar-refractivity contribution in [2.75, 3.05) is 0 Å². The Kier molecular flexibility index (Phi) is 13.4. The fourth-order valence-corrected chi connectivity index (χ4v) is 7.94. The highest BCUT2D eigenvalue weighted by Crippen LogP contribution is 2.36. The quantitative estimate of drug-likeness (QED) is 0.128. The number of allylic oxidation sites excluding steroid dienone is 9. The molecule has 1 aliphatic rings. The summed E-state index contributed by atoms with van der Waals surface area (Å²) in [5, 5.41) is 0. The third kappa shape index (κ3) is 11.5. The molecule has 3 aromatic carbocycles. The van der Waals surface area contributed by atoms with Crippen molar-refractivity contribution in [3.05, 3.63) is 192 Å². The lowest BCUT2D eigenvalue weighted by molar-refractivity contribution is 0.510. The fourth-order valence-electron chi connectivity index (χ4n) is 7.94. The third-order valence-corrected chi connectivity index (χ3v) is 12.2. The summed E-state index contributed by atoms with van der Waals surface area (Å²) in [6.45, 7) is 31.0. The van der Waals surface area contributed by atoms with Crippen molar-refractivity contribution in [2.24, 2.45) is 5.41 Å². The molecule has 0 bridgehead atoms. The van der Waals surface area contributed by atoms with Crippen LogP contribution in [0.25, 0.3) is 50.7 Å². The average molecular weight is 858 g/mol. The molecule has 0 amide bonds. The standard InChI is InChI=1S/C60H67N5/c1-14-16-44(55-62-51(40-19-28-46(29-20-40)57(2,3)4)37-52(63-55)41-21-30-47(31-22-41)58(5,6)7)17-15-18-50-36-27-45(39-61-50)56-64-53(42-23-32-48(33-24-42)59(8,9)10)38-54(65-56)43-25-34-49(35-26-43)60(11,12)13/h14-17,19-21,23-39,41H,1,18,22H2,2-13H3/b17-15-,44-16+. The largest absolute Gasteiger partial charge is 0.260 e. The zero-order valence-corrected chi connectivity index (χ0v) is 40.8. The van der Waals surface area contributed by atoms with E-state index in [1.807, 2.05) is 12.3 Å². The molecule has 3 heterocycles. The summed E-state index contributed by atoms with van der Waals surface area (Å²) in [7, 11) is 0. The van der Waals surface area contributed by atoms with Crippen LogP contribution in [0.4, 0.5) is 0 Å². The van der Waals surface area contributed by atoms with Gasteiger partial charge in [0.2, 0.25) is 0 Å². The Balaban J connectivity index is 1.17. The maximum absolute atomic E-state index is 5.22. The van der Waals surface area contributed by atoms with E-state index in [9.17, 15) is 0 Å². The van der Waals surface area contributed by atoms with Crippen molar-refractivity contribution >= 4 is 5.57 Å². The molecule has 7 rings (SSSR count). The van der Waals surface area contributed by atoms with Crippen LogP contribution in [-0.4, -0.2) is 24.9 Å². The summed E-state index contributed by atoms with van der Waals surface area (Å²) >= 11 is 0. The molecule has 3 aromatic heterocycles. The summed E-state index contributed by atoms with van der Waals surface area (Å²) in [5.74, 6) is 1.46. The monoisotopic (exact) mass is 858 g/mol. The van der Waals surface area contributed by atoms with E-state index in [-0.39, 0.29) is 27.6 Å². The van der Waals surface area contributed by atoms with Gasteiger partial charge in [0.05, 0.1) is 22.8 Å². The SMILES string of the molecule is C=C/C=C(\C=C/Cc1ccc(-c2nc(-c3ccc(C(C)(C)C)cc3)cc(-c3ccc(C(C)(C)C)cc3)n2)cn1)c1nc(-c2ccc(C(C)(C)C)cc2)cc(C2C=CC(C(C)(C)C)=CC2)n1. The molecule has 0 N–H and O–H groups in total. The number of nitrogens with zero attached hydrogens (tertiary/aromatic N) is 5. The van der Waals surface area contributed by atoms with E-state index in [0.717, 1.165) is 62.7 Å². The fraction of sp³-hybridized carbons (Fsp3) is 0.317. The second kappa shape index (κ2) is 18.6. The Bertz CT molecular complexity index is 2680. The van der Waals surface area contributed by atoms with Gasteiger partial charge in [-0.05, 0) is 74.6 Å². The highest BCUT2D eigenvalue weighted by atomic mass is 14.9. The van der Waals surface area contributed by atoms with Gasteiger partial charge in [-0.1, -0.05) is 205 Å². The minimum Gasteiger partial charge on any atom is -0.260 e. The van der Waals surface area contributed by atoms with Crippen molar-refractivity contribution < 1.29 is 0 Å². The van der Waals surface area contributed by atoms with Gasteiger partial charge in [-0.15, -0.1) is 0 Å². The van der Waals surface area contributed by atoms with Gasteiger partial charge in [0, 0.05) is 52.1 Å². The van der Waals surface area contributed by atoms with Crippen LogP contribution in [0.3, 0.4) is 0 Å². The van der Waals surface area contributed by atoms with Crippen molar-refractivity contribution in [1.82, 2.24) is 24.9 Å². The summed E-state index contributed by atoms with van der Waals surface area (Å²) in [4.78, 5) is 25.5. The first-order chi connectivity index (χ1) is 30.7. The molecule has 5 nitrogen and oxygen atoms in total. The molecule has 6 aromatic rings. The lowest BCUT2D eigenvalue weighted by Crippen LogP contribution is -2.12. The molecule has 0 saturated carbocycles. The molecule has 1 atom stereocenters. The summed E-state index contributed by atoms with van der Waals surface area (Å²) in [6, 6.07) is 34.7. The molecular formula is C60H67N5. The maximum Gasteiger partial charge on any atom is 0.161 e. The van der Waals surface area contributed by atoms with Crippen molar-refractivity contribution in [3.8, 4) is 45.2 Å². The highest BCUT2D eigenvalue weighted by molar-refractivity contribution is 5.74. The van der Waals surface area contributed by atoms with Gasteiger partial charge < -0.3 is 0 Å². The molecule has 0 saturated heterocycles. The third-order valence-electron chi connectivity index (χ3n) is 12.2. The number of rotatable bonds is 10. The molecule has 1 unspecified atom stereocenters. The minimum absolute atomic E-state index is 0.0601. The van der Waals surface area contributed by atoms with Crippen LogP contribution in [0.1, 0.15) is 129 Å². The van der Waals surface area contributed by atoms with E-state index in [1.165, 1.54) is 22.3 Å². The molecule has 5 heteroatoms. The second-order valence-corrected chi connectivity index (χ2v) is 21.6. The summed E-state index contributed by atoms with van der Waals surface area (Å²) < 4.78 is 0. The summed E-state index contributed by atoms with van der Waals surface area (Å²) in [6.07, 6.45) is 18.3. The number of pyridine rings is 1. The van der Waals surface area contributed by atoms with Crippen molar-refractivity contribution in [2.45, 2.75) is 118 Å². The van der Waals surface area contributed by atoms with Gasteiger partial charge in [-0.3, -0.25) is 4.98 Å². The first kappa shape index (κ1) is 46.7. The molecular weight excluding hydrogens is 791 g/mol. The smallest absolute Gasteiger partial charge is 0.161 e. The maximum atomic E-state index is 5.22. The lowest BCUT2D eigenvalue weighted by atomic mass is 9.81. The van der Waals surface area contributed by atoms with Crippen LogP contribution in [0, 0.1) is 5.41 Å². The van der Waals surface area contributed by atoms with E-state index < -0.39 is 0 Å². The van der Waals surface area contributed by atoms with Gasteiger partial charge in [0.25, 0.3) is 0 Å². The molecule has 1 aliphatic carbocycles. The van der Waals surface area contributed by atoms with Crippen LogP contribution in [0.5, 0.6) is 0 Å². The molecule has 0 aliphatic heterocycles. The van der Waals surface area contributed by atoms with Crippen molar-refractivity contribution in [1.29, 1.82) is 0 Å². The van der Waals surface area contributed by atoms with Crippen LogP contribution in [0.2, 0.25) is 0 Å². The normalized spacial score (nSPS) is 15.0. The lowest BCUT2D eigenvalue weighted by Gasteiger charge is -2.25. The average Bonchev–Trinajstić information content (AvgIpc) is 3.27. The summed E-state index contributed by atoms with van der Waals surface area (Å²) in [5.41, 5.74) is 15.0. The Labute approximate surface area is 389 Å². The topological polar surface area (TPSA) is 64.5 Å². The molecule has 0 fully saturated rings. The van der Waals surface area contributed by atoms with Crippen molar-refractivity contribution in [3.63, 3.8) is 0 Å². The minimum atomic E-state index is 0.0601. The molecule has 65 heavy (non-hydrogen) atoms. The van der Waals surface area contributed by atoms with Gasteiger partial charge in [-0.2, -0.15) is 0 Å². The predicted octanol–water partition coefficient (Wildman–Crippen LogP) is 15.6. The zero-order valence-electron chi connectivity index (χ0n) is 40.8. The Morgan fingerprint density at radius 3 is 1.49 bits per heavy atom.